The Kier molecular flexibility index (Phi) is 3.90. The lowest BCUT2D eigenvalue weighted by atomic mass is 10.0. The normalized spacial score (nSPS) is 13.2. The third-order valence-electron chi connectivity index (χ3n) is 3.77. The molecule has 0 amide bonds. The van der Waals surface area contributed by atoms with Crippen molar-refractivity contribution in [1.82, 2.24) is 19.7 Å². The largest absolute Gasteiger partial charge is 0.416 e. The summed E-state index contributed by atoms with van der Waals surface area (Å²) in [6.45, 7) is 3.54. The van der Waals surface area contributed by atoms with Gasteiger partial charge in [0.2, 0.25) is 0 Å². The van der Waals surface area contributed by atoms with Crippen molar-refractivity contribution in [2.75, 3.05) is 5.32 Å². The molecule has 3 aromatic rings. The van der Waals surface area contributed by atoms with Crippen LogP contribution in [0, 0.1) is 6.92 Å². The van der Waals surface area contributed by atoms with Crippen molar-refractivity contribution in [3.05, 3.63) is 47.4 Å². The minimum Gasteiger partial charge on any atom is -0.363 e. The maximum absolute atomic E-state index is 12.9. The second kappa shape index (κ2) is 5.77. The van der Waals surface area contributed by atoms with Gasteiger partial charge in [-0.15, -0.1) is 0 Å². The predicted molar refractivity (Wildman–Crippen MR) is 84.5 cm³/mol. The fourth-order valence-electron chi connectivity index (χ4n) is 2.51. The van der Waals surface area contributed by atoms with Crippen LogP contribution in [0.25, 0.3) is 11.0 Å². The first-order chi connectivity index (χ1) is 11.3. The summed E-state index contributed by atoms with van der Waals surface area (Å²) in [6, 6.07) is 4.91. The van der Waals surface area contributed by atoms with E-state index in [1.54, 1.807) is 37.8 Å². The van der Waals surface area contributed by atoms with E-state index in [2.05, 4.69) is 20.4 Å². The van der Waals surface area contributed by atoms with Crippen molar-refractivity contribution in [2.45, 2.75) is 26.1 Å². The molecule has 0 saturated heterocycles. The molecule has 0 spiro atoms. The zero-order valence-electron chi connectivity index (χ0n) is 13.4. The van der Waals surface area contributed by atoms with Crippen LogP contribution < -0.4 is 5.32 Å². The van der Waals surface area contributed by atoms with Crippen LogP contribution in [0.4, 0.5) is 19.0 Å². The molecule has 1 atom stereocenters. The van der Waals surface area contributed by atoms with Crippen molar-refractivity contribution in [1.29, 1.82) is 0 Å². The van der Waals surface area contributed by atoms with Crippen LogP contribution in [0.1, 0.15) is 29.9 Å². The van der Waals surface area contributed by atoms with Gasteiger partial charge in [-0.25, -0.2) is 9.97 Å². The first-order valence-corrected chi connectivity index (χ1v) is 7.36. The average molecular weight is 335 g/mol. The molecule has 126 valence electrons. The minimum atomic E-state index is -4.36. The number of fused-ring (bicyclic) bond motifs is 1. The van der Waals surface area contributed by atoms with Gasteiger partial charge in [0.15, 0.2) is 5.65 Å². The number of aryl methyl sites for hydroxylation is 2. The van der Waals surface area contributed by atoms with Crippen molar-refractivity contribution in [3.63, 3.8) is 0 Å². The number of halogens is 3. The van der Waals surface area contributed by atoms with Crippen molar-refractivity contribution in [3.8, 4) is 0 Å². The minimum absolute atomic E-state index is 0.356. The number of anilines is 1. The molecular formula is C16H16F3N5. The zero-order valence-corrected chi connectivity index (χ0v) is 13.4. The Morgan fingerprint density at radius 3 is 2.67 bits per heavy atom. The standard InChI is InChI=1S/C16H16F3N5/c1-9(11-5-4-6-12(7-11)16(17,18)19)21-14-13-8-20-24(3)15(13)23-10(2)22-14/h4-9H,1-3H3,(H,21,22,23)/t9-/m0/s1. The number of nitrogens with one attached hydrogen (secondary N) is 1. The summed E-state index contributed by atoms with van der Waals surface area (Å²) < 4.78 is 40.2. The molecule has 0 aliphatic carbocycles. The summed E-state index contributed by atoms with van der Waals surface area (Å²) in [5.41, 5.74) is 0.526. The molecule has 24 heavy (non-hydrogen) atoms. The highest BCUT2D eigenvalue weighted by atomic mass is 19.4. The van der Waals surface area contributed by atoms with E-state index in [-0.39, 0.29) is 6.04 Å². The monoisotopic (exact) mass is 335 g/mol. The average Bonchev–Trinajstić information content (AvgIpc) is 2.88. The van der Waals surface area contributed by atoms with Crippen LogP contribution in [-0.2, 0) is 13.2 Å². The van der Waals surface area contributed by atoms with E-state index in [4.69, 9.17) is 0 Å². The third-order valence-corrected chi connectivity index (χ3v) is 3.77. The zero-order chi connectivity index (χ0) is 17.5. The number of hydrogen-bond donors (Lipinski definition) is 1. The molecular weight excluding hydrogens is 319 g/mol. The molecule has 2 aromatic heterocycles. The van der Waals surface area contributed by atoms with E-state index in [1.165, 1.54) is 6.07 Å². The summed E-state index contributed by atoms with van der Waals surface area (Å²) in [5.74, 6) is 1.11. The van der Waals surface area contributed by atoms with Crippen LogP contribution in [0.2, 0.25) is 0 Å². The molecule has 1 aromatic carbocycles. The van der Waals surface area contributed by atoms with Crippen LogP contribution in [0.5, 0.6) is 0 Å². The molecule has 3 rings (SSSR count). The van der Waals surface area contributed by atoms with E-state index in [0.717, 1.165) is 17.5 Å². The van der Waals surface area contributed by atoms with Crippen molar-refractivity contribution >= 4 is 16.9 Å². The van der Waals surface area contributed by atoms with E-state index in [0.29, 0.717) is 22.9 Å². The third kappa shape index (κ3) is 3.04. The lowest BCUT2D eigenvalue weighted by Gasteiger charge is -2.17. The molecule has 0 unspecified atom stereocenters. The van der Waals surface area contributed by atoms with Gasteiger partial charge < -0.3 is 5.32 Å². The van der Waals surface area contributed by atoms with Crippen LogP contribution in [0.15, 0.2) is 30.5 Å². The second-order valence-electron chi connectivity index (χ2n) is 5.61. The second-order valence-corrected chi connectivity index (χ2v) is 5.61. The highest BCUT2D eigenvalue weighted by molar-refractivity contribution is 5.86. The van der Waals surface area contributed by atoms with Gasteiger partial charge in [-0.05, 0) is 31.5 Å². The fraction of sp³-hybridized carbons (Fsp3) is 0.312. The summed E-state index contributed by atoms with van der Waals surface area (Å²) in [4.78, 5) is 8.68. The topological polar surface area (TPSA) is 55.6 Å². The number of benzene rings is 1. The Morgan fingerprint density at radius 2 is 1.96 bits per heavy atom. The van der Waals surface area contributed by atoms with Gasteiger partial charge in [-0.2, -0.15) is 18.3 Å². The van der Waals surface area contributed by atoms with E-state index >= 15 is 0 Å². The number of rotatable bonds is 3. The molecule has 5 nitrogen and oxygen atoms in total. The van der Waals surface area contributed by atoms with Gasteiger partial charge in [0.05, 0.1) is 17.1 Å². The predicted octanol–water partition coefficient (Wildman–Crippen LogP) is 3.86. The van der Waals surface area contributed by atoms with Gasteiger partial charge in [0.1, 0.15) is 11.6 Å². The van der Waals surface area contributed by atoms with E-state index in [1.807, 2.05) is 0 Å². The van der Waals surface area contributed by atoms with Gasteiger partial charge >= 0.3 is 6.18 Å². The van der Waals surface area contributed by atoms with Crippen molar-refractivity contribution in [2.24, 2.45) is 7.05 Å². The van der Waals surface area contributed by atoms with Gasteiger partial charge in [-0.3, -0.25) is 4.68 Å². The first kappa shape index (κ1) is 16.2. The lowest BCUT2D eigenvalue weighted by Crippen LogP contribution is -2.11. The summed E-state index contributed by atoms with van der Waals surface area (Å²) in [5, 5.41) is 8.04. The molecule has 0 radical (unpaired) electrons. The molecule has 0 fully saturated rings. The number of aromatic nitrogens is 4. The highest BCUT2D eigenvalue weighted by Gasteiger charge is 2.30. The number of alkyl halides is 3. The SMILES string of the molecule is Cc1nc(N[C@@H](C)c2cccc(C(F)(F)F)c2)c2cnn(C)c2n1. The fourth-order valence-corrected chi connectivity index (χ4v) is 2.51. The quantitative estimate of drug-likeness (QED) is 0.789. The molecule has 0 bridgehead atoms. The molecule has 0 saturated carbocycles. The maximum atomic E-state index is 12.9. The Morgan fingerprint density at radius 1 is 1.21 bits per heavy atom. The van der Waals surface area contributed by atoms with Crippen LogP contribution >= 0.6 is 0 Å². The summed E-state index contributed by atoms with van der Waals surface area (Å²) >= 11 is 0. The number of hydrogen-bond acceptors (Lipinski definition) is 4. The molecule has 2 heterocycles. The lowest BCUT2D eigenvalue weighted by molar-refractivity contribution is -0.137. The van der Waals surface area contributed by atoms with Crippen LogP contribution in [-0.4, -0.2) is 19.7 Å². The summed E-state index contributed by atoms with van der Waals surface area (Å²) in [7, 11) is 1.77. The molecule has 1 N–H and O–H groups in total. The molecule has 0 aliphatic heterocycles. The highest BCUT2D eigenvalue weighted by Crippen LogP contribution is 2.31. The molecule has 8 heteroatoms. The first-order valence-electron chi connectivity index (χ1n) is 7.36. The number of nitrogens with zero attached hydrogens (tertiary/aromatic N) is 4. The van der Waals surface area contributed by atoms with E-state index < -0.39 is 11.7 Å². The Bertz CT molecular complexity index is 885. The maximum Gasteiger partial charge on any atom is 0.416 e. The Hall–Kier alpha value is -2.64. The molecule has 0 aliphatic rings. The summed E-state index contributed by atoms with van der Waals surface area (Å²) in [6.07, 6.45) is -2.73. The van der Waals surface area contributed by atoms with Crippen molar-refractivity contribution < 1.29 is 13.2 Å². The smallest absolute Gasteiger partial charge is 0.363 e. The van der Waals surface area contributed by atoms with Gasteiger partial charge in [-0.1, -0.05) is 12.1 Å². The van der Waals surface area contributed by atoms with Gasteiger partial charge in [0, 0.05) is 13.1 Å². The Balaban J connectivity index is 1.94. The van der Waals surface area contributed by atoms with E-state index in [9.17, 15) is 13.2 Å². The Labute approximate surface area is 136 Å². The van der Waals surface area contributed by atoms with Crippen LogP contribution in [0.3, 0.4) is 0 Å². The van der Waals surface area contributed by atoms with Gasteiger partial charge in [0.25, 0.3) is 0 Å².